The molecule has 106 valence electrons. The SMILES string of the molecule is CC1=Nc2ccccc2N[C@H](c2ccc([N+](=O)[O-])cc2)C1. The van der Waals surface area contributed by atoms with Crippen LogP contribution in [0, 0.1) is 10.1 Å². The Morgan fingerprint density at radius 3 is 2.62 bits per heavy atom. The van der Waals surface area contributed by atoms with Gasteiger partial charge in [0.25, 0.3) is 5.69 Å². The summed E-state index contributed by atoms with van der Waals surface area (Å²) in [5.41, 5.74) is 4.08. The van der Waals surface area contributed by atoms with E-state index < -0.39 is 0 Å². The predicted molar refractivity (Wildman–Crippen MR) is 83.3 cm³/mol. The fourth-order valence-corrected chi connectivity index (χ4v) is 2.51. The highest BCUT2D eigenvalue weighted by Crippen LogP contribution is 2.34. The molecule has 1 aliphatic rings. The summed E-state index contributed by atoms with van der Waals surface area (Å²) in [5, 5.41) is 14.2. The molecule has 2 aromatic rings. The lowest BCUT2D eigenvalue weighted by molar-refractivity contribution is -0.384. The zero-order valence-corrected chi connectivity index (χ0v) is 11.6. The van der Waals surface area contributed by atoms with Gasteiger partial charge in [-0.3, -0.25) is 15.1 Å². The molecular weight excluding hydrogens is 266 g/mol. The maximum absolute atomic E-state index is 10.7. The predicted octanol–water partition coefficient (Wildman–Crippen LogP) is 4.24. The molecule has 0 amide bonds. The molecule has 0 saturated carbocycles. The minimum absolute atomic E-state index is 0.0678. The summed E-state index contributed by atoms with van der Waals surface area (Å²) in [6.07, 6.45) is 0.770. The number of aliphatic imine (C=N–C) groups is 1. The molecule has 0 aliphatic carbocycles. The molecule has 0 spiro atoms. The first kappa shape index (κ1) is 13.3. The van der Waals surface area contributed by atoms with Crippen molar-refractivity contribution in [3.8, 4) is 0 Å². The molecule has 3 rings (SSSR count). The molecule has 0 radical (unpaired) electrons. The molecule has 1 aliphatic heterocycles. The topological polar surface area (TPSA) is 67.5 Å². The van der Waals surface area contributed by atoms with Gasteiger partial charge in [-0.2, -0.15) is 0 Å². The molecule has 5 nitrogen and oxygen atoms in total. The van der Waals surface area contributed by atoms with Gasteiger partial charge in [-0.1, -0.05) is 24.3 Å². The number of rotatable bonds is 2. The van der Waals surface area contributed by atoms with Gasteiger partial charge in [-0.25, -0.2) is 0 Å². The number of hydrogen-bond donors (Lipinski definition) is 1. The maximum Gasteiger partial charge on any atom is 0.269 e. The van der Waals surface area contributed by atoms with Gasteiger partial charge in [0.2, 0.25) is 0 Å². The van der Waals surface area contributed by atoms with E-state index in [2.05, 4.69) is 10.3 Å². The zero-order chi connectivity index (χ0) is 14.8. The summed E-state index contributed by atoms with van der Waals surface area (Å²) in [4.78, 5) is 15.0. The summed E-state index contributed by atoms with van der Waals surface area (Å²) < 4.78 is 0. The van der Waals surface area contributed by atoms with E-state index in [4.69, 9.17) is 0 Å². The quantitative estimate of drug-likeness (QED) is 0.661. The van der Waals surface area contributed by atoms with E-state index in [1.54, 1.807) is 24.3 Å². The van der Waals surface area contributed by atoms with Gasteiger partial charge in [-0.05, 0) is 24.6 Å². The van der Waals surface area contributed by atoms with Crippen molar-refractivity contribution in [3.63, 3.8) is 0 Å². The average Bonchev–Trinajstić information content (AvgIpc) is 2.65. The van der Waals surface area contributed by atoms with Crippen LogP contribution < -0.4 is 5.32 Å². The molecule has 5 heteroatoms. The second-order valence-corrected chi connectivity index (χ2v) is 5.11. The Balaban J connectivity index is 1.93. The van der Waals surface area contributed by atoms with Gasteiger partial charge in [0.15, 0.2) is 0 Å². The Kier molecular flexibility index (Phi) is 3.39. The lowest BCUT2D eigenvalue weighted by atomic mass is 10.0. The van der Waals surface area contributed by atoms with Crippen molar-refractivity contribution in [3.05, 3.63) is 64.2 Å². The fourth-order valence-electron chi connectivity index (χ4n) is 2.51. The van der Waals surface area contributed by atoms with Crippen LogP contribution in [0.1, 0.15) is 24.9 Å². The smallest absolute Gasteiger partial charge is 0.269 e. The zero-order valence-electron chi connectivity index (χ0n) is 11.6. The Labute approximate surface area is 122 Å². The van der Waals surface area contributed by atoms with Crippen LogP contribution >= 0.6 is 0 Å². The van der Waals surface area contributed by atoms with Crippen LogP contribution in [0.25, 0.3) is 0 Å². The first-order chi connectivity index (χ1) is 10.1. The summed E-state index contributed by atoms with van der Waals surface area (Å²) in [7, 11) is 0. The van der Waals surface area contributed by atoms with Crippen molar-refractivity contribution in [2.75, 3.05) is 5.32 Å². The molecule has 1 heterocycles. The van der Waals surface area contributed by atoms with Crippen LogP contribution in [-0.4, -0.2) is 10.6 Å². The number of non-ortho nitro benzene ring substituents is 1. The van der Waals surface area contributed by atoms with Crippen molar-refractivity contribution in [1.82, 2.24) is 0 Å². The minimum atomic E-state index is -0.383. The van der Waals surface area contributed by atoms with Crippen LogP contribution in [-0.2, 0) is 0 Å². The van der Waals surface area contributed by atoms with E-state index >= 15 is 0 Å². The number of nitrogens with zero attached hydrogens (tertiary/aromatic N) is 2. The number of nitro benzene ring substituents is 1. The van der Waals surface area contributed by atoms with Crippen LogP contribution in [0.3, 0.4) is 0 Å². The van der Waals surface area contributed by atoms with Crippen LogP contribution in [0.2, 0.25) is 0 Å². The molecule has 0 aromatic heterocycles. The number of nitrogens with one attached hydrogen (secondary N) is 1. The maximum atomic E-state index is 10.7. The van der Waals surface area contributed by atoms with Crippen LogP contribution in [0.5, 0.6) is 0 Å². The number of anilines is 1. The van der Waals surface area contributed by atoms with Crippen molar-refractivity contribution >= 4 is 22.8 Å². The normalized spacial score (nSPS) is 17.2. The molecule has 1 N–H and O–H groups in total. The summed E-state index contributed by atoms with van der Waals surface area (Å²) >= 11 is 0. The summed E-state index contributed by atoms with van der Waals surface area (Å²) in [5.74, 6) is 0. The highest BCUT2D eigenvalue weighted by atomic mass is 16.6. The first-order valence-corrected chi connectivity index (χ1v) is 6.77. The highest BCUT2D eigenvalue weighted by molar-refractivity contribution is 5.89. The first-order valence-electron chi connectivity index (χ1n) is 6.77. The molecule has 1 atom stereocenters. The van der Waals surface area contributed by atoms with Crippen LogP contribution in [0.15, 0.2) is 53.5 Å². The molecule has 0 saturated heterocycles. The van der Waals surface area contributed by atoms with Gasteiger partial charge in [0, 0.05) is 24.3 Å². The van der Waals surface area contributed by atoms with E-state index in [1.165, 1.54) is 0 Å². The average molecular weight is 281 g/mol. The standard InChI is InChI=1S/C16H15N3O2/c1-11-10-16(12-6-8-13(9-7-12)19(20)21)18-15-5-3-2-4-14(15)17-11/h2-9,16,18H,10H2,1H3/t16-/m0/s1. The van der Waals surface area contributed by atoms with Gasteiger partial charge in [0.05, 0.1) is 22.3 Å². The lowest BCUT2D eigenvalue weighted by Crippen LogP contribution is -2.12. The summed E-state index contributed by atoms with van der Waals surface area (Å²) in [6, 6.07) is 14.7. The molecular formula is C16H15N3O2. The second-order valence-electron chi connectivity index (χ2n) is 5.11. The number of benzene rings is 2. The molecule has 0 unspecified atom stereocenters. The Morgan fingerprint density at radius 1 is 1.19 bits per heavy atom. The van der Waals surface area contributed by atoms with E-state index in [9.17, 15) is 10.1 Å². The Morgan fingerprint density at radius 2 is 1.90 bits per heavy atom. The molecule has 21 heavy (non-hydrogen) atoms. The van der Waals surface area contributed by atoms with E-state index in [0.717, 1.165) is 29.1 Å². The second kappa shape index (κ2) is 5.36. The lowest BCUT2D eigenvalue weighted by Gasteiger charge is -2.18. The third-order valence-electron chi connectivity index (χ3n) is 3.55. The van der Waals surface area contributed by atoms with E-state index in [-0.39, 0.29) is 16.7 Å². The Hall–Kier alpha value is -2.69. The van der Waals surface area contributed by atoms with Crippen molar-refractivity contribution in [2.45, 2.75) is 19.4 Å². The largest absolute Gasteiger partial charge is 0.376 e. The monoisotopic (exact) mass is 281 g/mol. The Bertz CT molecular complexity index is 708. The van der Waals surface area contributed by atoms with Crippen molar-refractivity contribution < 1.29 is 4.92 Å². The van der Waals surface area contributed by atoms with E-state index in [0.29, 0.717) is 0 Å². The number of fused-ring (bicyclic) bond motifs is 1. The molecule has 0 fully saturated rings. The third-order valence-corrected chi connectivity index (χ3v) is 3.55. The van der Waals surface area contributed by atoms with Crippen molar-refractivity contribution in [2.24, 2.45) is 4.99 Å². The third kappa shape index (κ3) is 2.76. The van der Waals surface area contributed by atoms with Gasteiger partial charge < -0.3 is 5.32 Å². The number of hydrogen-bond acceptors (Lipinski definition) is 4. The van der Waals surface area contributed by atoms with Crippen molar-refractivity contribution in [1.29, 1.82) is 0 Å². The number of nitro groups is 1. The van der Waals surface area contributed by atoms with Gasteiger partial charge in [-0.15, -0.1) is 0 Å². The minimum Gasteiger partial charge on any atom is -0.376 e. The highest BCUT2D eigenvalue weighted by Gasteiger charge is 2.18. The van der Waals surface area contributed by atoms with Gasteiger partial charge in [0.1, 0.15) is 0 Å². The molecule has 2 aromatic carbocycles. The van der Waals surface area contributed by atoms with E-state index in [1.807, 2.05) is 31.2 Å². The fraction of sp³-hybridized carbons (Fsp3) is 0.188. The van der Waals surface area contributed by atoms with Crippen LogP contribution in [0.4, 0.5) is 17.1 Å². The number of para-hydroxylation sites is 2. The molecule has 0 bridgehead atoms. The summed E-state index contributed by atoms with van der Waals surface area (Å²) in [6.45, 7) is 2.00. The van der Waals surface area contributed by atoms with Gasteiger partial charge >= 0.3 is 0 Å².